The van der Waals surface area contributed by atoms with Gasteiger partial charge < -0.3 is 20.4 Å². The Bertz CT molecular complexity index is 1050. The van der Waals surface area contributed by atoms with Gasteiger partial charge in [-0.05, 0) is 47.9 Å². The van der Waals surface area contributed by atoms with Crippen LogP contribution in [0.2, 0.25) is 0 Å². The molecule has 0 saturated carbocycles. The number of hydrogen-bond acceptors (Lipinski definition) is 6. The van der Waals surface area contributed by atoms with Gasteiger partial charge in [0.05, 0.1) is 0 Å². The van der Waals surface area contributed by atoms with E-state index < -0.39 is 6.04 Å². The highest BCUT2D eigenvalue weighted by Gasteiger charge is 2.39. The fraction of sp³-hybridized carbons (Fsp3) is 0.375. The molecular weight excluding hydrogens is 406 g/mol. The summed E-state index contributed by atoms with van der Waals surface area (Å²) in [6.45, 7) is 5.12. The minimum Gasteiger partial charge on any atom is -0.381 e. The third-order valence-electron chi connectivity index (χ3n) is 6.43. The van der Waals surface area contributed by atoms with Crippen molar-refractivity contribution in [3.63, 3.8) is 0 Å². The van der Waals surface area contributed by atoms with Crippen molar-refractivity contribution in [1.82, 2.24) is 15.5 Å². The highest BCUT2D eigenvalue weighted by atomic mass is 16.2. The number of imide groups is 1. The lowest BCUT2D eigenvalue weighted by atomic mass is 10.0. The first-order chi connectivity index (χ1) is 15.6. The number of fused-ring (bicyclic) bond motifs is 1. The molecule has 3 aliphatic heterocycles. The molecule has 1 unspecified atom stereocenters. The summed E-state index contributed by atoms with van der Waals surface area (Å²) in [7, 11) is 0. The molecule has 0 radical (unpaired) electrons. The molecule has 2 fully saturated rings. The van der Waals surface area contributed by atoms with Crippen molar-refractivity contribution >= 4 is 29.1 Å². The largest absolute Gasteiger partial charge is 0.381 e. The van der Waals surface area contributed by atoms with E-state index in [-0.39, 0.29) is 24.1 Å². The van der Waals surface area contributed by atoms with Crippen LogP contribution >= 0.6 is 0 Å². The number of benzene rings is 2. The van der Waals surface area contributed by atoms with E-state index in [1.165, 1.54) is 5.69 Å². The Morgan fingerprint density at radius 3 is 2.53 bits per heavy atom. The summed E-state index contributed by atoms with van der Waals surface area (Å²) in [5.41, 5.74) is 4.92. The van der Waals surface area contributed by atoms with Crippen LogP contribution in [0.25, 0.3) is 0 Å². The fourth-order valence-electron chi connectivity index (χ4n) is 4.66. The summed E-state index contributed by atoms with van der Waals surface area (Å²) in [5.74, 6) is -0.796. The minimum atomic E-state index is -0.580. The average Bonchev–Trinajstić information content (AvgIpc) is 3.14. The fourth-order valence-corrected chi connectivity index (χ4v) is 4.66. The molecule has 2 aromatic carbocycles. The van der Waals surface area contributed by atoms with Crippen LogP contribution in [0.1, 0.15) is 34.3 Å². The lowest BCUT2D eigenvalue weighted by molar-refractivity contribution is -0.136. The smallest absolute Gasteiger partial charge is 0.255 e. The zero-order chi connectivity index (χ0) is 22.1. The average molecular weight is 434 g/mol. The monoisotopic (exact) mass is 433 g/mol. The Hall–Kier alpha value is -3.39. The van der Waals surface area contributed by atoms with E-state index >= 15 is 0 Å². The summed E-state index contributed by atoms with van der Waals surface area (Å²) >= 11 is 0. The van der Waals surface area contributed by atoms with Crippen molar-refractivity contribution in [2.75, 3.05) is 36.4 Å². The lowest BCUT2D eigenvalue weighted by Crippen LogP contribution is -2.52. The van der Waals surface area contributed by atoms with Crippen molar-refractivity contribution in [3.05, 3.63) is 59.2 Å². The number of amides is 3. The number of carbonyl (C=O) groups is 3. The lowest BCUT2D eigenvalue weighted by Gasteiger charge is -2.29. The van der Waals surface area contributed by atoms with Gasteiger partial charge in [-0.25, -0.2) is 0 Å². The topological polar surface area (TPSA) is 93.8 Å². The van der Waals surface area contributed by atoms with Gasteiger partial charge in [0.15, 0.2) is 0 Å². The van der Waals surface area contributed by atoms with Crippen molar-refractivity contribution < 1.29 is 14.4 Å². The zero-order valence-corrected chi connectivity index (χ0v) is 17.9. The first-order valence-electron chi connectivity index (χ1n) is 11.1. The molecule has 8 heteroatoms. The van der Waals surface area contributed by atoms with E-state index in [0.29, 0.717) is 25.1 Å². The van der Waals surface area contributed by atoms with Gasteiger partial charge in [0, 0.05) is 62.6 Å². The summed E-state index contributed by atoms with van der Waals surface area (Å²) in [4.78, 5) is 40.4. The van der Waals surface area contributed by atoms with E-state index in [4.69, 9.17) is 0 Å². The Morgan fingerprint density at radius 2 is 1.78 bits per heavy atom. The molecule has 166 valence electrons. The number of hydrogen-bond donors (Lipinski definition) is 3. The van der Waals surface area contributed by atoms with E-state index in [9.17, 15) is 14.4 Å². The number of carbonyl (C=O) groups excluding carboxylic acids is 3. The van der Waals surface area contributed by atoms with Crippen molar-refractivity contribution in [1.29, 1.82) is 0 Å². The molecule has 32 heavy (non-hydrogen) atoms. The van der Waals surface area contributed by atoms with Crippen LogP contribution < -0.4 is 20.9 Å². The predicted molar refractivity (Wildman–Crippen MR) is 121 cm³/mol. The molecule has 8 nitrogen and oxygen atoms in total. The van der Waals surface area contributed by atoms with Gasteiger partial charge in [-0.15, -0.1) is 0 Å². The van der Waals surface area contributed by atoms with E-state index in [2.05, 4.69) is 45.1 Å². The Morgan fingerprint density at radius 1 is 1.00 bits per heavy atom. The van der Waals surface area contributed by atoms with Crippen molar-refractivity contribution in [2.24, 2.45) is 0 Å². The van der Waals surface area contributed by atoms with Crippen LogP contribution in [0, 0.1) is 0 Å². The molecule has 0 aromatic heterocycles. The quantitative estimate of drug-likeness (QED) is 0.619. The summed E-state index contributed by atoms with van der Waals surface area (Å²) in [6.07, 6.45) is 0.641. The molecule has 3 aliphatic rings. The Labute approximate surface area is 187 Å². The Kier molecular flexibility index (Phi) is 5.53. The van der Waals surface area contributed by atoms with Crippen LogP contribution in [0.5, 0.6) is 0 Å². The molecule has 5 rings (SSSR count). The van der Waals surface area contributed by atoms with E-state index in [1.807, 2.05) is 18.2 Å². The molecular formula is C24H27N5O3. The van der Waals surface area contributed by atoms with Crippen LogP contribution in [0.15, 0.2) is 42.5 Å². The van der Waals surface area contributed by atoms with Gasteiger partial charge in [-0.3, -0.25) is 19.7 Å². The maximum Gasteiger partial charge on any atom is 0.255 e. The molecule has 3 N–H and O–H groups in total. The van der Waals surface area contributed by atoms with Gasteiger partial charge in [0.25, 0.3) is 5.91 Å². The van der Waals surface area contributed by atoms with Gasteiger partial charge >= 0.3 is 0 Å². The van der Waals surface area contributed by atoms with Crippen LogP contribution in [-0.4, -0.2) is 54.8 Å². The molecule has 0 spiro atoms. The van der Waals surface area contributed by atoms with Gasteiger partial charge in [-0.1, -0.05) is 12.1 Å². The molecule has 3 heterocycles. The van der Waals surface area contributed by atoms with Crippen LogP contribution in [0.4, 0.5) is 11.4 Å². The van der Waals surface area contributed by atoms with Crippen molar-refractivity contribution in [2.45, 2.75) is 32.0 Å². The highest BCUT2D eigenvalue weighted by molar-refractivity contribution is 6.05. The maximum absolute atomic E-state index is 12.8. The molecule has 0 aliphatic carbocycles. The SMILES string of the molecule is O=C1CCC(N2Cc3cc(CNc4ccc(N5CCNCC5)cc4)ccc3C2=O)C(=O)N1. The number of piperidine rings is 1. The summed E-state index contributed by atoms with van der Waals surface area (Å²) < 4.78 is 0. The normalized spacial score (nSPS) is 20.9. The minimum absolute atomic E-state index is 0.141. The zero-order valence-electron chi connectivity index (χ0n) is 17.9. The number of nitrogens with one attached hydrogen (secondary N) is 3. The standard InChI is InChI=1S/C24H27N5O3/c30-22-8-7-21(23(31)27-22)29-15-17-13-16(1-6-20(17)24(29)32)14-26-18-2-4-19(5-3-18)28-11-9-25-10-12-28/h1-6,13,21,25-26H,7-12,14-15H2,(H,27,30,31). The van der Waals surface area contributed by atoms with Crippen molar-refractivity contribution in [3.8, 4) is 0 Å². The first-order valence-corrected chi connectivity index (χ1v) is 11.1. The second kappa shape index (κ2) is 8.63. The number of rotatable bonds is 5. The molecule has 2 aromatic rings. The molecule has 1 atom stereocenters. The first kappa shape index (κ1) is 20.5. The summed E-state index contributed by atoms with van der Waals surface area (Å²) in [5, 5.41) is 9.16. The molecule has 3 amide bonds. The second-order valence-electron chi connectivity index (χ2n) is 8.53. The third-order valence-corrected chi connectivity index (χ3v) is 6.43. The second-order valence-corrected chi connectivity index (χ2v) is 8.53. The van der Waals surface area contributed by atoms with Gasteiger partial charge in [0.2, 0.25) is 11.8 Å². The number of nitrogens with zero attached hydrogens (tertiary/aromatic N) is 2. The predicted octanol–water partition coefficient (Wildman–Crippen LogP) is 1.47. The summed E-state index contributed by atoms with van der Waals surface area (Å²) in [6, 6.07) is 13.7. The Balaban J connectivity index is 1.22. The maximum atomic E-state index is 12.8. The van der Waals surface area contributed by atoms with Gasteiger partial charge in [-0.2, -0.15) is 0 Å². The van der Waals surface area contributed by atoms with Gasteiger partial charge in [0.1, 0.15) is 6.04 Å². The highest BCUT2D eigenvalue weighted by Crippen LogP contribution is 2.28. The van der Waals surface area contributed by atoms with Crippen LogP contribution in [0.3, 0.4) is 0 Å². The molecule has 0 bridgehead atoms. The van der Waals surface area contributed by atoms with E-state index in [1.54, 1.807) is 4.90 Å². The third kappa shape index (κ3) is 4.05. The molecule has 2 saturated heterocycles. The van der Waals surface area contributed by atoms with E-state index in [0.717, 1.165) is 43.0 Å². The number of anilines is 2. The van der Waals surface area contributed by atoms with Crippen LogP contribution in [-0.2, 0) is 22.7 Å². The number of piperazine rings is 1.